The fraction of sp³-hybridized carbons (Fsp3) is 0.130. The lowest BCUT2D eigenvalue weighted by Gasteiger charge is -2.06. The van der Waals surface area contributed by atoms with Crippen LogP contribution in [0.3, 0.4) is 0 Å². The maximum absolute atomic E-state index is 11.1. The largest absolute Gasteiger partial charge is 0.457 e. The molecule has 0 fully saturated rings. The third kappa shape index (κ3) is 3.35. The Labute approximate surface area is 172 Å². The molecule has 7 heteroatoms. The van der Waals surface area contributed by atoms with E-state index < -0.39 is 4.92 Å². The van der Waals surface area contributed by atoms with Crippen LogP contribution >= 0.6 is 0 Å². The number of H-pyrrole nitrogens is 1. The van der Waals surface area contributed by atoms with Crippen LogP contribution in [0.15, 0.2) is 46.9 Å². The van der Waals surface area contributed by atoms with Crippen LogP contribution in [0.2, 0.25) is 0 Å². The summed E-state index contributed by atoms with van der Waals surface area (Å²) in [5.74, 6) is 1.54. The minimum atomic E-state index is -0.392. The minimum absolute atomic E-state index is 0.0785. The molecule has 1 N–H and O–H groups in total. The second-order valence-corrected chi connectivity index (χ2v) is 7.12. The van der Waals surface area contributed by atoms with Gasteiger partial charge in [-0.25, -0.2) is 4.98 Å². The zero-order valence-electron chi connectivity index (χ0n) is 16.7. The van der Waals surface area contributed by atoms with Crippen LogP contribution < -0.4 is 0 Å². The molecule has 2 heterocycles. The topological polar surface area (TPSA) is 109 Å². The number of benzene rings is 2. The molecule has 0 saturated carbocycles. The van der Waals surface area contributed by atoms with Gasteiger partial charge < -0.3 is 9.40 Å². The number of hydrogen-bond acceptors (Lipinski definition) is 5. The maximum atomic E-state index is 11.1. The molecule has 0 atom stereocenters. The van der Waals surface area contributed by atoms with Crippen LogP contribution in [0.1, 0.15) is 28.3 Å². The monoisotopic (exact) mass is 398 g/mol. The Morgan fingerprint density at radius 2 is 1.97 bits per heavy atom. The summed E-state index contributed by atoms with van der Waals surface area (Å²) in [6.45, 7) is 5.54. The number of aromatic nitrogens is 2. The first-order valence-electron chi connectivity index (χ1n) is 9.30. The van der Waals surface area contributed by atoms with E-state index in [2.05, 4.69) is 16.0 Å². The molecule has 7 nitrogen and oxygen atoms in total. The number of hydrogen-bond donors (Lipinski definition) is 1. The third-order valence-electron chi connectivity index (χ3n) is 5.15. The van der Waals surface area contributed by atoms with E-state index >= 15 is 0 Å². The first-order valence-corrected chi connectivity index (χ1v) is 9.30. The standard InChI is InChI=1S/C23H18N4O3/c1-13-4-7-19-20(10-13)26-23(25-19)16(12-24)11-17-5-9-22(30-17)18-6-8-21(27(28)29)15(3)14(18)2/h4-11H,1-3H3,(H,25,26). The van der Waals surface area contributed by atoms with Gasteiger partial charge in [-0.1, -0.05) is 6.07 Å². The van der Waals surface area contributed by atoms with Gasteiger partial charge in [0, 0.05) is 23.3 Å². The molecule has 0 radical (unpaired) electrons. The third-order valence-corrected chi connectivity index (χ3v) is 5.15. The summed E-state index contributed by atoms with van der Waals surface area (Å²) >= 11 is 0. The number of fused-ring (bicyclic) bond motifs is 1. The summed E-state index contributed by atoms with van der Waals surface area (Å²) in [6, 6.07) is 14.7. The van der Waals surface area contributed by atoms with Gasteiger partial charge in [-0.3, -0.25) is 10.1 Å². The predicted octanol–water partition coefficient (Wildman–Crippen LogP) is 5.72. The molecule has 0 aliphatic heterocycles. The maximum Gasteiger partial charge on any atom is 0.272 e. The SMILES string of the molecule is Cc1ccc2nc(C(C#N)=Cc3ccc(-c4ccc([N+](=O)[O-])c(C)c4C)o3)[nH]c2c1. The fourth-order valence-electron chi connectivity index (χ4n) is 3.39. The summed E-state index contributed by atoms with van der Waals surface area (Å²) in [4.78, 5) is 18.4. The number of nitrogens with zero attached hydrogens (tertiary/aromatic N) is 3. The van der Waals surface area contributed by atoms with Gasteiger partial charge in [0.25, 0.3) is 5.69 Å². The van der Waals surface area contributed by atoms with E-state index in [9.17, 15) is 15.4 Å². The van der Waals surface area contributed by atoms with Crippen molar-refractivity contribution >= 4 is 28.4 Å². The van der Waals surface area contributed by atoms with Crippen molar-refractivity contribution in [2.45, 2.75) is 20.8 Å². The van der Waals surface area contributed by atoms with Crippen molar-refractivity contribution in [3.63, 3.8) is 0 Å². The summed E-state index contributed by atoms with van der Waals surface area (Å²) in [5.41, 5.74) is 5.33. The molecule has 30 heavy (non-hydrogen) atoms. The number of nitro benzene ring substituents is 1. The van der Waals surface area contributed by atoms with E-state index in [1.165, 1.54) is 6.07 Å². The number of nitro groups is 1. The van der Waals surface area contributed by atoms with E-state index in [0.29, 0.717) is 28.5 Å². The van der Waals surface area contributed by atoms with Gasteiger partial charge in [-0.05, 0) is 62.2 Å². The van der Waals surface area contributed by atoms with Crippen molar-refractivity contribution in [2.24, 2.45) is 0 Å². The Bertz CT molecular complexity index is 1370. The van der Waals surface area contributed by atoms with Crippen molar-refractivity contribution in [3.8, 4) is 17.4 Å². The average Bonchev–Trinajstić information content (AvgIpc) is 3.34. The number of aryl methyl sites for hydroxylation is 1. The molecule has 2 aromatic heterocycles. The molecule has 4 rings (SSSR count). The first kappa shape index (κ1) is 19.2. The van der Waals surface area contributed by atoms with Crippen molar-refractivity contribution in [1.82, 2.24) is 9.97 Å². The van der Waals surface area contributed by atoms with Crippen LogP contribution in [0.25, 0.3) is 34.0 Å². The number of nitrogens with one attached hydrogen (secondary N) is 1. The second-order valence-electron chi connectivity index (χ2n) is 7.12. The number of rotatable bonds is 4. The summed E-state index contributed by atoms with van der Waals surface area (Å²) in [7, 11) is 0. The molecule has 2 aromatic carbocycles. The molecule has 148 valence electrons. The molecule has 0 bridgehead atoms. The highest BCUT2D eigenvalue weighted by Gasteiger charge is 2.17. The smallest absolute Gasteiger partial charge is 0.272 e. The van der Waals surface area contributed by atoms with E-state index in [-0.39, 0.29) is 5.69 Å². The van der Waals surface area contributed by atoms with E-state index in [0.717, 1.165) is 27.7 Å². The van der Waals surface area contributed by atoms with Gasteiger partial charge in [0.1, 0.15) is 23.4 Å². The lowest BCUT2D eigenvalue weighted by atomic mass is 10.00. The molecular formula is C23H18N4O3. The van der Waals surface area contributed by atoms with Crippen molar-refractivity contribution in [3.05, 3.63) is 80.9 Å². The number of imidazole rings is 1. The Kier molecular flexibility index (Phi) is 4.68. The van der Waals surface area contributed by atoms with Gasteiger partial charge in [0.15, 0.2) is 0 Å². The summed E-state index contributed by atoms with van der Waals surface area (Å²) in [5, 5.41) is 20.8. The normalized spacial score (nSPS) is 11.6. The van der Waals surface area contributed by atoms with Gasteiger partial charge in [0.2, 0.25) is 0 Å². The molecule has 0 amide bonds. The Balaban J connectivity index is 1.71. The number of nitriles is 1. The van der Waals surface area contributed by atoms with Crippen molar-refractivity contribution in [2.75, 3.05) is 0 Å². The van der Waals surface area contributed by atoms with Gasteiger partial charge in [-0.2, -0.15) is 5.26 Å². The van der Waals surface area contributed by atoms with E-state index in [1.54, 1.807) is 31.2 Å². The Morgan fingerprint density at radius 3 is 2.70 bits per heavy atom. The molecule has 4 aromatic rings. The van der Waals surface area contributed by atoms with E-state index in [1.807, 2.05) is 32.0 Å². The molecular weight excluding hydrogens is 380 g/mol. The van der Waals surface area contributed by atoms with Crippen LogP contribution in [-0.4, -0.2) is 14.9 Å². The second kappa shape index (κ2) is 7.33. The van der Waals surface area contributed by atoms with E-state index in [4.69, 9.17) is 4.42 Å². The molecule has 0 aliphatic rings. The molecule has 0 unspecified atom stereocenters. The van der Waals surface area contributed by atoms with Gasteiger partial charge in [-0.15, -0.1) is 0 Å². The van der Waals surface area contributed by atoms with Crippen LogP contribution in [0.5, 0.6) is 0 Å². The minimum Gasteiger partial charge on any atom is -0.457 e. The zero-order valence-corrected chi connectivity index (χ0v) is 16.7. The molecule has 0 saturated heterocycles. The quantitative estimate of drug-likeness (QED) is 0.269. The number of allylic oxidation sites excluding steroid dienone is 1. The molecule has 0 aliphatic carbocycles. The molecule has 0 spiro atoms. The zero-order chi connectivity index (χ0) is 21.4. The van der Waals surface area contributed by atoms with Crippen LogP contribution in [0, 0.1) is 42.2 Å². The number of aromatic amines is 1. The highest BCUT2D eigenvalue weighted by atomic mass is 16.6. The van der Waals surface area contributed by atoms with Gasteiger partial charge in [0.05, 0.1) is 21.5 Å². The first-order chi connectivity index (χ1) is 14.4. The highest BCUT2D eigenvalue weighted by Crippen LogP contribution is 2.32. The lowest BCUT2D eigenvalue weighted by Crippen LogP contribution is -1.95. The highest BCUT2D eigenvalue weighted by molar-refractivity contribution is 5.90. The fourth-order valence-corrected chi connectivity index (χ4v) is 3.39. The Morgan fingerprint density at radius 1 is 1.17 bits per heavy atom. The predicted molar refractivity (Wildman–Crippen MR) is 115 cm³/mol. The number of furan rings is 1. The van der Waals surface area contributed by atoms with Crippen molar-refractivity contribution < 1.29 is 9.34 Å². The van der Waals surface area contributed by atoms with Crippen molar-refractivity contribution in [1.29, 1.82) is 5.26 Å². The Hall–Kier alpha value is -4.18. The van der Waals surface area contributed by atoms with Gasteiger partial charge >= 0.3 is 0 Å². The van der Waals surface area contributed by atoms with Crippen LogP contribution in [-0.2, 0) is 0 Å². The average molecular weight is 398 g/mol. The summed E-state index contributed by atoms with van der Waals surface area (Å²) < 4.78 is 5.91. The summed E-state index contributed by atoms with van der Waals surface area (Å²) in [6.07, 6.45) is 1.63. The lowest BCUT2D eigenvalue weighted by molar-refractivity contribution is -0.385. The van der Waals surface area contributed by atoms with Crippen LogP contribution in [0.4, 0.5) is 5.69 Å².